The van der Waals surface area contributed by atoms with Gasteiger partial charge in [0, 0.05) is 17.6 Å². The minimum absolute atomic E-state index is 0.101. The van der Waals surface area contributed by atoms with Gasteiger partial charge in [0.1, 0.15) is 36.1 Å². The zero-order valence-corrected chi connectivity index (χ0v) is 19.2. The number of rotatable bonds is 7. The van der Waals surface area contributed by atoms with Gasteiger partial charge in [-0.05, 0) is 75.2 Å². The molecule has 0 radical (unpaired) electrons. The number of nitrogens with zero attached hydrogens (tertiary/aromatic N) is 1. The van der Waals surface area contributed by atoms with Gasteiger partial charge in [-0.15, -0.1) is 0 Å². The van der Waals surface area contributed by atoms with Gasteiger partial charge in [0.2, 0.25) is 11.2 Å². The van der Waals surface area contributed by atoms with Gasteiger partial charge >= 0.3 is 0 Å². The number of aliphatic hydroxyl groups excluding tert-OH is 1. The molecule has 2 heterocycles. The number of aryl methyl sites for hydroxylation is 2. The van der Waals surface area contributed by atoms with Crippen LogP contribution in [0.3, 0.4) is 0 Å². The molecule has 1 aromatic heterocycles. The van der Waals surface area contributed by atoms with E-state index in [2.05, 4.69) is 4.90 Å². The van der Waals surface area contributed by atoms with E-state index < -0.39 is 6.10 Å². The Kier molecular flexibility index (Phi) is 7.04. The van der Waals surface area contributed by atoms with Crippen molar-refractivity contribution < 1.29 is 19.0 Å². The van der Waals surface area contributed by atoms with Crippen LogP contribution in [0.4, 0.5) is 0 Å². The molecule has 0 unspecified atom stereocenters. The van der Waals surface area contributed by atoms with Gasteiger partial charge in [-0.1, -0.05) is 18.0 Å². The predicted octanol–water partition coefficient (Wildman–Crippen LogP) is 5.08. The van der Waals surface area contributed by atoms with E-state index in [0.29, 0.717) is 34.0 Å². The SMILES string of the molecule is Cc1cc(Oc2coc3cc(OC[C@H](O)CN4CCCCC4)ccc3c2=O)cc(C)c1Cl. The highest BCUT2D eigenvalue weighted by molar-refractivity contribution is 6.32. The largest absolute Gasteiger partial charge is 0.491 e. The highest BCUT2D eigenvalue weighted by Gasteiger charge is 2.16. The van der Waals surface area contributed by atoms with Crippen LogP contribution < -0.4 is 14.9 Å². The second-order valence-electron chi connectivity index (χ2n) is 8.39. The number of likely N-dealkylation sites (tertiary alicyclic amines) is 1. The number of fused-ring (bicyclic) bond motifs is 1. The monoisotopic (exact) mass is 457 g/mol. The summed E-state index contributed by atoms with van der Waals surface area (Å²) in [5.74, 6) is 1.17. The number of benzene rings is 2. The molecule has 1 aliphatic rings. The lowest BCUT2D eigenvalue weighted by atomic mass is 10.1. The highest BCUT2D eigenvalue weighted by atomic mass is 35.5. The molecule has 0 bridgehead atoms. The molecule has 1 saturated heterocycles. The molecular weight excluding hydrogens is 430 g/mol. The molecular formula is C25H28ClNO5. The first kappa shape index (κ1) is 22.6. The Bertz CT molecular complexity index is 1130. The zero-order chi connectivity index (χ0) is 22.7. The molecule has 1 N–H and O–H groups in total. The van der Waals surface area contributed by atoms with Crippen molar-refractivity contribution in [3.05, 3.63) is 63.0 Å². The van der Waals surface area contributed by atoms with E-state index >= 15 is 0 Å². The zero-order valence-electron chi connectivity index (χ0n) is 18.4. The van der Waals surface area contributed by atoms with E-state index in [-0.39, 0.29) is 17.8 Å². The fraction of sp³-hybridized carbons (Fsp3) is 0.400. The van der Waals surface area contributed by atoms with Crippen LogP contribution in [0.1, 0.15) is 30.4 Å². The average Bonchev–Trinajstić information content (AvgIpc) is 2.78. The minimum atomic E-state index is -0.571. The molecule has 7 heteroatoms. The van der Waals surface area contributed by atoms with E-state index in [1.165, 1.54) is 25.5 Å². The quantitative estimate of drug-likeness (QED) is 0.533. The van der Waals surface area contributed by atoms with Gasteiger partial charge in [0.15, 0.2) is 0 Å². The molecule has 0 aliphatic carbocycles. The van der Waals surface area contributed by atoms with E-state index in [0.717, 1.165) is 24.2 Å². The van der Waals surface area contributed by atoms with Crippen LogP contribution in [0.15, 0.2) is 45.8 Å². The Morgan fingerprint density at radius 2 is 1.81 bits per heavy atom. The maximum Gasteiger partial charge on any atom is 0.235 e. The Balaban J connectivity index is 1.44. The smallest absolute Gasteiger partial charge is 0.235 e. The normalized spacial score (nSPS) is 15.6. The fourth-order valence-electron chi connectivity index (χ4n) is 4.03. The number of hydrogen-bond donors (Lipinski definition) is 1. The Labute approximate surface area is 192 Å². The number of aliphatic hydroxyl groups is 1. The lowest BCUT2D eigenvalue weighted by Gasteiger charge is -2.28. The predicted molar refractivity (Wildman–Crippen MR) is 125 cm³/mol. The summed E-state index contributed by atoms with van der Waals surface area (Å²) in [6.07, 6.45) is 4.36. The van der Waals surface area contributed by atoms with Crippen molar-refractivity contribution in [2.75, 3.05) is 26.2 Å². The van der Waals surface area contributed by atoms with Crippen molar-refractivity contribution in [2.45, 2.75) is 39.2 Å². The first-order valence-electron chi connectivity index (χ1n) is 10.9. The molecule has 4 rings (SSSR count). The highest BCUT2D eigenvalue weighted by Crippen LogP contribution is 2.29. The number of piperidine rings is 1. The second kappa shape index (κ2) is 9.94. The van der Waals surface area contributed by atoms with Crippen molar-refractivity contribution in [3.63, 3.8) is 0 Å². The molecule has 2 aromatic carbocycles. The van der Waals surface area contributed by atoms with Crippen LogP contribution >= 0.6 is 11.6 Å². The number of ether oxygens (including phenoxy) is 2. The summed E-state index contributed by atoms with van der Waals surface area (Å²) < 4.78 is 17.2. The first-order valence-corrected chi connectivity index (χ1v) is 11.3. The Hall–Kier alpha value is -2.54. The standard InChI is InChI=1S/C25H28ClNO5/c1-16-10-20(11-17(2)24(16)26)32-23-15-31-22-12-19(6-7-21(22)25(23)29)30-14-18(28)13-27-8-4-3-5-9-27/h6-7,10-12,15,18,28H,3-5,8-9,13-14H2,1-2H3/t18-/m1/s1. The van der Waals surface area contributed by atoms with Gasteiger partial charge in [0.25, 0.3) is 0 Å². The minimum Gasteiger partial charge on any atom is -0.491 e. The summed E-state index contributed by atoms with van der Waals surface area (Å²) in [5.41, 5.74) is 1.87. The third-order valence-electron chi connectivity index (χ3n) is 5.71. The topological polar surface area (TPSA) is 72.1 Å². The van der Waals surface area contributed by atoms with Crippen molar-refractivity contribution in [2.24, 2.45) is 0 Å². The molecule has 6 nitrogen and oxygen atoms in total. The van der Waals surface area contributed by atoms with Gasteiger partial charge in [-0.3, -0.25) is 4.79 Å². The molecule has 0 amide bonds. The summed E-state index contributed by atoms with van der Waals surface area (Å²) in [6.45, 7) is 6.61. The number of hydrogen-bond acceptors (Lipinski definition) is 6. The molecule has 0 spiro atoms. The average molecular weight is 458 g/mol. The Morgan fingerprint density at radius 1 is 1.09 bits per heavy atom. The van der Waals surface area contributed by atoms with Crippen LogP contribution in [-0.2, 0) is 0 Å². The van der Waals surface area contributed by atoms with E-state index in [1.807, 2.05) is 13.8 Å². The molecule has 1 aliphatic heterocycles. The maximum absolute atomic E-state index is 12.9. The molecule has 0 saturated carbocycles. The first-order chi connectivity index (χ1) is 15.4. The van der Waals surface area contributed by atoms with E-state index in [1.54, 1.807) is 30.3 Å². The third-order valence-corrected chi connectivity index (χ3v) is 6.31. The summed E-state index contributed by atoms with van der Waals surface area (Å²) in [7, 11) is 0. The second-order valence-corrected chi connectivity index (χ2v) is 8.76. The van der Waals surface area contributed by atoms with Crippen molar-refractivity contribution in [1.82, 2.24) is 4.90 Å². The van der Waals surface area contributed by atoms with Crippen molar-refractivity contribution >= 4 is 22.6 Å². The van der Waals surface area contributed by atoms with Crippen LogP contribution in [-0.4, -0.2) is 42.4 Å². The summed E-state index contributed by atoms with van der Waals surface area (Å²) in [6, 6.07) is 8.58. The van der Waals surface area contributed by atoms with Gasteiger partial charge in [-0.25, -0.2) is 0 Å². The summed E-state index contributed by atoms with van der Waals surface area (Å²) in [4.78, 5) is 15.1. The van der Waals surface area contributed by atoms with E-state index in [9.17, 15) is 9.90 Å². The van der Waals surface area contributed by atoms with Crippen molar-refractivity contribution in [1.29, 1.82) is 0 Å². The van der Waals surface area contributed by atoms with Crippen LogP contribution in [0.5, 0.6) is 17.2 Å². The number of halogens is 1. The maximum atomic E-state index is 12.9. The van der Waals surface area contributed by atoms with Crippen LogP contribution in [0.25, 0.3) is 11.0 Å². The van der Waals surface area contributed by atoms with Gasteiger partial charge in [-0.2, -0.15) is 0 Å². The van der Waals surface area contributed by atoms with E-state index in [4.69, 9.17) is 25.5 Å². The van der Waals surface area contributed by atoms with Crippen molar-refractivity contribution in [3.8, 4) is 17.2 Å². The Morgan fingerprint density at radius 3 is 2.53 bits per heavy atom. The lowest BCUT2D eigenvalue weighted by Crippen LogP contribution is -2.38. The van der Waals surface area contributed by atoms with Gasteiger partial charge < -0.3 is 23.9 Å². The molecule has 170 valence electrons. The van der Waals surface area contributed by atoms with Gasteiger partial charge in [0.05, 0.1) is 5.39 Å². The molecule has 1 fully saturated rings. The summed E-state index contributed by atoms with van der Waals surface area (Å²) in [5, 5.41) is 11.4. The third kappa shape index (κ3) is 5.26. The molecule has 3 aromatic rings. The molecule has 1 atom stereocenters. The summed E-state index contributed by atoms with van der Waals surface area (Å²) >= 11 is 6.21. The van der Waals surface area contributed by atoms with Crippen LogP contribution in [0.2, 0.25) is 5.02 Å². The fourth-order valence-corrected chi connectivity index (χ4v) is 4.14. The molecule has 32 heavy (non-hydrogen) atoms. The number of β-amino-alcohol motifs (C(OH)–C–C–N with tert-alkyl or cyclic N) is 1. The van der Waals surface area contributed by atoms with Crippen LogP contribution in [0, 0.1) is 13.8 Å². The lowest BCUT2D eigenvalue weighted by molar-refractivity contribution is 0.0617.